The average Bonchev–Trinajstić information content (AvgIpc) is 2.44. The van der Waals surface area contributed by atoms with Crippen molar-refractivity contribution in [3.05, 3.63) is 41.3 Å². The molecule has 2 rings (SSSR count). The molecule has 1 heterocycles. The molecule has 108 valence electrons. The molecule has 0 aliphatic rings. The quantitative estimate of drug-likeness (QED) is 0.875. The zero-order valence-electron chi connectivity index (χ0n) is 12.7. The van der Waals surface area contributed by atoms with E-state index in [-0.39, 0.29) is 5.82 Å². The molecule has 1 atom stereocenters. The van der Waals surface area contributed by atoms with Crippen molar-refractivity contribution < 1.29 is 4.39 Å². The SMILES string of the molecule is CCC(C)NCc1cc(C(C)C)nc2c(F)cccc12. The van der Waals surface area contributed by atoms with E-state index in [0.29, 0.717) is 17.5 Å². The third-order valence-corrected chi connectivity index (χ3v) is 3.74. The van der Waals surface area contributed by atoms with Gasteiger partial charge in [-0.05, 0) is 37.0 Å². The van der Waals surface area contributed by atoms with E-state index >= 15 is 0 Å². The Morgan fingerprint density at radius 2 is 2.00 bits per heavy atom. The minimum Gasteiger partial charge on any atom is -0.310 e. The maximum atomic E-state index is 14.0. The normalized spacial score (nSPS) is 13.1. The van der Waals surface area contributed by atoms with Crippen molar-refractivity contribution >= 4 is 10.9 Å². The van der Waals surface area contributed by atoms with Crippen molar-refractivity contribution in [2.75, 3.05) is 0 Å². The summed E-state index contributed by atoms with van der Waals surface area (Å²) in [6.07, 6.45) is 1.08. The maximum absolute atomic E-state index is 14.0. The van der Waals surface area contributed by atoms with Crippen LogP contribution in [0.15, 0.2) is 24.3 Å². The Labute approximate surface area is 120 Å². The number of para-hydroxylation sites is 1. The Balaban J connectivity index is 2.47. The van der Waals surface area contributed by atoms with E-state index in [1.165, 1.54) is 6.07 Å². The molecule has 0 bridgehead atoms. The van der Waals surface area contributed by atoms with Gasteiger partial charge < -0.3 is 5.32 Å². The molecule has 1 aromatic carbocycles. The summed E-state index contributed by atoms with van der Waals surface area (Å²) >= 11 is 0. The minimum atomic E-state index is -0.241. The molecular formula is C17H23FN2. The van der Waals surface area contributed by atoms with E-state index in [1.807, 2.05) is 6.07 Å². The molecule has 0 radical (unpaired) electrons. The summed E-state index contributed by atoms with van der Waals surface area (Å²) in [6, 6.07) is 7.73. The van der Waals surface area contributed by atoms with Gasteiger partial charge in [0, 0.05) is 23.7 Å². The van der Waals surface area contributed by atoms with Crippen molar-refractivity contribution in [3.8, 4) is 0 Å². The summed E-state index contributed by atoms with van der Waals surface area (Å²) < 4.78 is 14.0. The summed E-state index contributed by atoms with van der Waals surface area (Å²) in [4.78, 5) is 4.48. The molecule has 0 amide bonds. The van der Waals surface area contributed by atoms with Crippen LogP contribution in [0.3, 0.4) is 0 Å². The van der Waals surface area contributed by atoms with Gasteiger partial charge in [0.15, 0.2) is 0 Å². The number of rotatable bonds is 5. The van der Waals surface area contributed by atoms with Crippen molar-refractivity contribution in [3.63, 3.8) is 0 Å². The summed E-state index contributed by atoms with van der Waals surface area (Å²) in [7, 11) is 0. The van der Waals surface area contributed by atoms with Crippen molar-refractivity contribution in [2.24, 2.45) is 0 Å². The second-order valence-electron chi connectivity index (χ2n) is 5.69. The highest BCUT2D eigenvalue weighted by Gasteiger charge is 2.11. The number of hydrogen-bond donors (Lipinski definition) is 1. The number of pyridine rings is 1. The number of fused-ring (bicyclic) bond motifs is 1. The van der Waals surface area contributed by atoms with Gasteiger partial charge >= 0.3 is 0 Å². The highest BCUT2D eigenvalue weighted by atomic mass is 19.1. The van der Waals surface area contributed by atoms with E-state index in [1.54, 1.807) is 6.07 Å². The zero-order chi connectivity index (χ0) is 14.7. The van der Waals surface area contributed by atoms with Gasteiger partial charge in [-0.25, -0.2) is 9.37 Å². The van der Waals surface area contributed by atoms with Gasteiger partial charge in [0.2, 0.25) is 0 Å². The van der Waals surface area contributed by atoms with Gasteiger partial charge in [0.05, 0.1) is 0 Å². The zero-order valence-corrected chi connectivity index (χ0v) is 12.7. The Morgan fingerprint density at radius 1 is 1.25 bits per heavy atom. The van der Waals surface area contributed by atoms with Crippen LogP contribution in [0.5, 0.6) is 0 Å². The molecule has 0 aliphatic heterocycles. The monoisotopic (exact) mass is 274 g/mol. The number of aromatic nitrogens is 1. The van der Waals surface area contributed by atoms with Crippen LogP contribution in [-0.2, 0) is 6.54 Å². The van der Waals surface area contributed by atoms with Gasteiger partial charge in [-0.1, -0.05) is 32.9 Å². The van der Waals surface area contributed by atoms with Crippen LogP contribution in [-0.4, -0.2) is 11.0 Å². The first kappa shape index (κ1) is 14.9. The molecular weight excluding hydrogens is 251 g/mol. The van der Waals surface area contributed by atoms with E-state index < -0.39 is 0 Å². The van der Waals surface area contributed by atoms with E-state index in [9.17, 15) is 4.39 Å². The Bertz CT molecular complexity index is 593. The molecule has 1 N–H and O–H groups in total. The van der Waals surface area contributed by atoms with Gasteiger partial charge in [-0.2, -0.15) is 0 Å². The van der Waals surface area contributed by atoms with Crippen LogP contribution in [0.25, 0.3) is 10.9 Å². The predicted octanol–water partition coefficient (Wildman–Crippen LogP) is 4.39. The van der Waals surface area contributed by atoms with Gasteiger partial charge in [-0.3, -0.25) is 0 Å². The highest BCUT2D eigenvalue weighted by Crippen LogP contribution is 2.24. The molecule has 1 unspecified atom stereocenters. The molecule has 0 saturated heterocycles. The predicted molar refractivity (Wildman–Crippen MR) is 82.4 cm³/mol. The first-order valence-corrected chi connectivity index (χ1v) is 7.34. The standard InChI is InChI=1S/C17H23FN2/c1-5-12(4)19-10-13-9-16(11(2)3)20-17-14(13)7-6-8-15(17)18/h6-9,11-12,19H,5,10H2,1-4H3. The van der Waals surface area contributed by atoms with Gasteiger partial charge in [0.1, 0.15) is 11.3 Å². The van der Waals surface area contributed by atoms with Crippen LogP contribution in [0.4, 0.5) is 4.39 Å². The largest absolute Gasteiger partial charge is 0.310 e. The fraction of sp³-hybridized carbons (Fsp3) is 0.471. The van der Waals surface area contributed by atoms with Crippen LogP contribution in [0.2, 0.25) is 0 Å². The molecule has 2 aromatic rings. The first-order chi connectivity index (χ1) is 9.52. The summed E-state index contributed by atoms with van der Waals surface area (Å²) in [5, 5.41) is 4.38. The van der Waals surface area contributed by atoms with Gasteiger partial charge in [0.25, 0.3) is 0 Å². The molecule has 3 heteroatoms. The third-order valence-electron chi connectivity index (χ3n) is 3.74. The van der Waals surface area contributed by atoms with Crippen molar-refractivity contribution in [1.29, 1.82) is 0 Å². The van der Waals surface area contributed by atoms with Crippen molar-refractivity contribution in [1.82, 2.24) is 10.3 Å². The number of nitrogens with zero attached hydrogens (tertiary/aromatic N) is 1. The van der Waals surface area contributed by atoms with Crippen molar-refractivity contribution in [2.45, 2.75) is 52.6 Å². The fourth-order valence-electron chi connectivity index (χ4n) is 2.18. The fourth-order valence-corrected chi connectivity index (χ4v) is 2.18. The van der Waals surface area contributed by atoms with E-state index in [4.69, 9.17) is 0 Å². The number of benzene rings is 1. The summed E-state index contributed by atoms with van der Waals surface area (Å²) in [5.41, 5.74) is 2.56. The molecule has 0 aliphatic carbocycles. The van der Waals surface area contributed by atoms with Crippen LogP contribution < -0.4 is 5.32 Å². The summed E-state index contributed by atoms with van der Waals surface area (Å²) in [6.45, 7) is 9.23. The number of hydrogen-bond acceptors (Lipinski definition) is 2. The van der Waals surface area contributed by atoms with E-state index in [2.05, 4.69) is 44.1 Å². The third kappa shape index (κ3) is 3.15. The highest BCUT2D eigenvalue weighted by molar-refractivity contribution is 5.83. The first-order valence-electron chi connectivity index (χ1n) is 7.34. The lowest BCUT2D eigenvalue weighted by Crippen LogP contribution is -2.24. The smallest absolute Gasteiger partial charge is 0.149 e. The molecule has 0 fully saturated rings. The van der Waals surface area contributed by atoms with E-state index in [0.717, 1.165) is 29.6 Å². The topological polar surface area (TPSA) is 24.9 Å². The molecule has 0 saturated carbocycles. The lowest BCUT2D eigenvalue weighted by Gasteiger charge is -2.15. The Morgan fingerprint density at radius 3 is 2.65 bits per heavy atom. The molecule has 0 spiro atoms. The second kappa shape index (κ2) is 6.31. The number of nitrogens with one attached hydrogen (secondary N) is 1. The molecule has 20 heavy (non-hydrogen) atoms. The Kier molecular flexibility index (Phi) is 4.71. The minimum absolute atomic E-state index is 0.241. The molecule has 1 aromatic heterocycles. The van der Waals surface area contributed by atoms with Crippen LogP contribution in [0, 0.1) is 5.82 Å². The summed E-state index contributed by atoms with van der Waals surface area (Å²) in [5.74, 6) is 0.0520. The second-order valence-corrected chi connectivity index (χ2v) is 5.69. The van der Waals surface area contributed by atoms with Crippen LogP contribution >= 0.6 is 0 Å². The van der Waals surface area contributed by atoms with Crippen LogP contribution in [0.1, 0.15) is 51.3 Å². The number of halogens is 1. The van der Waals surface area contributed by atoms with Gasteiger partial charge in [-0.15, -0.1) is 0 Å². The average molecular weight is 274 g/mol. The molecule has 2 nitrogen and oxygen atoms in total. The lowest BCUT2D eigenvalue weighted by molar-refractivity contribution is 0.535. The Hall–Kier alpha value is -1.48. The maximum Gasteiger partial charge on any atom is 0.149 e. The lowest BCUT2D eigenvalue weighted by atomic mass is 10.0.